The molecule has 0 spiro atoms. The molecule has 10 heavy (non-hydrogen) atoms. The Balaban J connectivity index is 0.000000371. The molecule has 0 amide bonds. The zero-order valence-electron chi connectivity index (χ0n) is 7.26. The fraction of sp³-hybridized carbons (Fsp3) is 1.00. The average Bonchev–Trinajstić information content (AvgIpc) is 1.89. The van der Waals surface area contributed by atoms with Crippen LogP contribution < -0.4 is 5.73 Å². The van der Waals surface area contributed by atoms with Crippen molar-refractivity contribution in [2.24, 2.45) is 11.7 Å². The van der Waals surface area contributed by atoms with Crippen molar-refractivity contribution in [1.29, 1.82) is 0 Å². The van der Waals surface area contributed by atoms with Gasteiger partial charge < -0.3 is 10.5 Å². The highest BCUT2D eigenvalue weighted by Gasteiger charge is 2.23. The molecular formula is C8H19NO. The molecule has 1 heterocycles. The summed E-state index contributed by atoms with van der Waals surface area (Å²) in [5.41, 5.74) is 5.70. The minimum absolute atomic E-state index is 0.378. The van der Waals surface area contributed by atoms with Gasteiger partial charge in [0, 0.05) is 12.0 Å². The highest BCUT2D eigenvalue weighted by Crippen LogP contribution is 2.14. The Morgan fingerprint density at radius 3 is 2.10 bits per heavy atom. The molecule has 1 unspecified atom stereocenters. The van der Waals surface area contributed by atoms with Gasteiger partial charge in [-0.15, -0.1) is 0 Å². The van der Waals surface area contributed by atoms with E-state index in [0.29, 0.717) is 12.0 Å². The Kier molecular flexibility index (Phi) is 5.64. The van der Waals surface area contributed by atoms with Gasteiger partial charge in [-0.2, -0.15) is 0 Å². The van der Waals surface area contributed by atoms with Gasteiger partial charge in [-0.1, -0.05) is 20.8 Å². The Morgan fingerprint density at radius 1 is 1.50 bits per heavy atom. The summed E-state index contributed by atoms with van der Waals surface area (Å²) in [7, 11) is 0. The average molecular weight is 145 g/mol. The van der Waals surface area contributed by atoms with Gasteiger partial charge in [0.25, 0.3) is 0 Å². The first-order valence-corrected chi connectivity index (χ1v) is 4.18. The van der Waals surface area contributed by atoms with E-state index in [4.69, 9.17) is 10.5 Å². The molecule has 1 aliphatic heterocycles. The van der Waals surface area contributed by atoms with Crippen molar-refractivity contribution in [1.82, 2.24) is 0 Å². The smallest absolute Gasteiger partial charge is 0.0531 e. The standard InChI is InChI=1S/C6H13NO.C2H6/c1-2-6(7)5-3-8-4-5;1-2/h5-6H,2-4,7H2,1H3;1-2H3. The van der Waals surface area contributed by atoms with E-state index in [2.05, 4.69) is 6.92 Å². The van der Waals surface area contributed by atoms with Gasteiger partial charge in [0.2, 0.25) is 0 Å². The molecule has 0 aromatic rings. The summed E-state index contributed by atoms with van der Waals surface area (Å²) in [4.78, 5) is 0. The minimum atomic E-state index is 0.378. The van der Waals surface area contributed by atoms with E-state index in [1.165, 1.54) is 0 Å². The van der Waals surface area contributed by atoms with Crippen molar-refractivity contribution in [3.05, 3.63) is 0 Å². The monoisotopic (exact) mass is 145 g/mol. The van der Waals surface area contributed by atoms with Gasteiger partial charge in [-0.05, 0) is 6.42 Å². The van der Waals surface area contributed by atoms with Crippen molar-refractivity contribution in [3.8, 4) is 0 Å². The molecule has 1 aliphatic rings. The molecule has 2 nitrogen and oxygen atoms in total. The highest BCUT2D eigenvalue weighted by atomic mass is 16.5. The first-order chi connectivity index (χ1) is 4.84. The Labute approximate surface area is 63.7 Å². The molecule has 1 saturated heterocycles. The summed E-state index contributed by atoms with van der Waals surface area (Å²) < 4.78 is 4.98. The predicted molar refractivity (Wildman–Crippen MR) is 43.9 cm³/mol. The first-order valence-electron chi connectivity index (χ1n) is 4.18. The number of ether oxygens (including phenoxy) is 1. The van der Waals surface area contributed by atoms with E-state index >= 15 is 0 Å². The predicted octanol–water partition coefficient (Wildman–Crippen LogP) is 1.40. The largest absolute Gasteiger partial charge is 0.381 e. The van der Waals surface area contributed by atoms with Gasteiger partial charge in [0.05, 0.1) is 13.2 Å². The van der Waals surface area contributed by atoms with Crippen LogP contribution in [0.2, 0.25) is 0 Å². The van der Waals surface area contributed by atoms with Gasteiger partial charge in [-0.25, -0.2) is 0 Å². The molecule has 1 atom stereocenters. The molecule has 0 aromatic heterocycles. The molecule has 0 aliphatic carbocycles. The SMILES string of the molecule is CC.CCC(N)C1COC1. The third kappa shape index (κ3) is 2.67. The number of rotatable bonds is 2. The maximum absolute atomic E-state index is 5.70. The molecule has 62 valence electrons. The van der Waals surface area contributed by atoms with Crippen LogP contribution in [0.3, 0.4) is 0 Å². The summed E-state index contributed by atoms with van der Waals surface area (Å²) in [5.74, 6) is 0.653. The Hall–Kier alpha value is -0.0800. The molecule has 2 N–H and O–H groups in total. The van der Waals surface area contributed by atoms with Crippen LogP contribution in [0.4, 0.5) is 0 Å². The molecule has 0 saturated carbocycles. The van der Waals surface area contributed by atoms with Gasteiger partial charge in [0.1, 0.15) is 0 Å². The van der Waals surface area contributed by atoms with E-state index in [-0.39, 0.29) is 0 Å². The van der Waals surface area contributed by atoms with Gasteiger partial charge in [0.15, 0.2) is 0 Å². The van der Waals surface area contributed by atoms with Crippen molar-refractivity contribution in [2.45, 2.75) is 33.2 Å². The van der Waals surface area contributed by atoms with Crippen LogP contribution >= 0.6 is 0 Å². The quantitative estimate of drug-likeness (QED) is 0.637. The molecule has 1 fully saturated rings. The zero-order valence-corrected chi connectivity index (χ0v) is 7.26. The van der Waals surface area contributed by atoms with Crippen LogP contribution in [0.15, 0.2) is 0 Å². The lowest BCUT2D eigenvalue weighted by Gasteiger charge is -2.30. The number of hydrogen-bond donors (Lipinski definition) is 1. The Bertz CT molecular complexity index is 68.9. The van der Waals surface area contributed by atoms with Crippen LogP contribution in [-0.4, -0.2) is 19.3 Å². The summed E-state index contributed by atoms with van der Waals surface area (Å²) in [6, 6.07) is 0.378. The third-order valence-electron chi connectivity index (χ3n) is 1.74. The zero-order chi connectivity index (χ0) is 7.98. The fourth-order valence-corrected chi connectivity index (χ4v) is 0.834. The molecular weight excluding hydrogens is 126 g/mol. The van der Waals surface area contributed by atoms with Crippen molar-refractivity contribution in [2.75, 3.05) is 13.2 Å². The van der Waals surface area contributed by atoms with E-state index in [9.17, 15) is 0 Å². The van der Waals surface area contributed by atoms with E-state index in [1.807, 2.05) is 13.8 Å². The summed E-state index contributed by atoms with van der Waals surface area (Å²) in [5, 5.41) is 0. The molecule has 2 heteroatoms. The molecule has 0 aromatic carbocycles. The second-order valence-electron chi connectivity index (χ2n) is 2.37. The van der Waals surface area contributed by atoms with Crippen molar-refractivity contribution >= 4 is 0 Å². The van der Waals surface area contributed by atoms with Crippen molar-refractivity contribution < 1.29 is 4.74 Å². The summed E-state index contributed by atoms with van der Waals surface area (Å²) in [6.45, 7) is 7.88. The van der Waals surface area contributed by atoms with Crippen LogP contribution in [-0.2, 0) is 4.74 Å². The van der Waals surface area contributed by atoms with Crippen molar-refractivity contribution in [3.63, 3.8) is 0 Å². The molecule has 1 rings (SSSR count). The maximum atomic E-state index is 5.70. The second kappa shape index (κ2) is 5.69. The topological polar surface area (TPSA) is 35.2 Å². The van der Waals surface area contributed by atoms with Gasteiger partial charge in [-0.3, -0.25) is 0 Å². The highest BCUT2D eigenvalue weighted by molar-refractivity contribution is 4.75. The van der Waals surface area contributed by atoms with E-state index < -0.39 is 0 Å². The normalized spacial score (nSPS) is 20.4. The number of hydrogen-bond acceptors (Lipinski definition) is 2. The molecule has 0 bridgehead atoms. The van der Waals surface area contributed by atoms with Crippen LogP contribution in [0.25, 0.3) is 0 Å². The third-order valence-corrected chi connectivity index (χ3v) is 1.74. The number of nitrogens with two attached hydrogens (primary N) is 1. The van der Waals surface area contributed by atoms with Crippen LogP contribution in [0.5, 0.6) is 0 Å². The minimum Gasteiger partial charge on any atom is -0.381 e. The lowest BCUT2D eigenvalue weighted by Crippen LogP contribution is -2.42. The van der Waals surface area contributed by atoms with Crippen LogP contribution in [0.1, 0.15) is 27.2 Å². The maximum Gasteiger partial charge on any atom is 0.0531 e. The van der Waals surface area contributed by atoms with Crippen LogP contribution in [0, 0.1) is 5.92 Å². The Morgan fingerprint density at radius 2 is 2.00 bits per heavy atom. The summed E-state index contributed by atoms with van der Waals surface area (Å²) in [6.07, 6.45) is 1.08. The second-order valence-corrected chi connectivity index (χ2v) is 2.37. The lowest BCUT2D eigenvalue weighted by molar-refractivity contribution is -0.0439. The van der Waals surface area contributed by atoms with E-state index in [0.717, 1.165) is 19.6 Å². The molecule has 0 radical (unpaired) electrons. The fourth-order valence-electron chi connectivity index (χ4n) is 0.834. The summed E-state index contributed by atoms with van der Waals surface area (Å²) >= 11 is 0. The van der Waals surface area contributed by atoms with E-state index in [1.54, 1.807) is 0 Å². The first kappa shape index (κ1) is 9.92. The van der Waals surface area contributed by atoms with Gasteiger partial charge >= 0.3 is 0 Å². The lowest BCUT2D eigenvalue weighted by atomic mass is 9.97.